The Kier molecular flexibility index (Phi) is 6.44. The Morgan fingerprint density at radius 2 is 1.30 bits per heavy atom. The normalized spacial score (nSPS) is 10.8. The summed E-state index contributed by atoms with van der Waals surface area (Å²) in [5.41, 5.74) is 0.592. The van der Waals surface area contributed by atoms with Gasteiger partial charge in [-0.15, -0.1) is 0 Å². The zero-order valence-corrected chi connectivity index (χ0v) is 10.5. The Morgan fingerprint density at radius 1 is 0.900 bits per heavy atom. The molecule has 0 aromatic heterocycles. The third-order valence-corrected chi connectivity index (χ3v) is 3.54. The van der Waals surface area contributed by atoms with E-state index in [2.05, 4.69) is 0 Å². The van der Waals surface area contributed by atoms with E-state index in [4.69, 9.17) is 9.79 Å². The number of benzene rings is 2. The molecule has 2 aromatic rings. The first-order valence-electron chi connectivity index (χ1n) is 5.34. The van der Waals surface area contributed by atoms with E-state index in [1.807, 2.05) is 0 Å². The van der Waals surface area contributed by atoms with Gasteiger partial charge in [-0.2, -0.15) is 0 Å². The van der Waals surface area contributed by atoms with Crippen LogP contribution < -0.4 is 5.30 Å². The Balaban J connectivity index is 0.00000200. The molecule has 0 heterocycles. The first-order chi connectivity index (χ1) is 8.88. The minimum atomic E-state index is -4.31. The second-order valence-corrected chi connectivity index (χ2v) is 5.53. The van der Waals surface area contributed by atoms with Gasteiger partial charge in [0.25, 0.3) is 0 Å². The van der Waals surface area contributed by atoms with Crippen molar-refractivity contribution >= 4 is 70.1 Å². The summed E-state index contributed by atoms with van der Waals surface area (Å²) in [5, 5.41) is -0.150. The number of carbonyl (C=O) groups is 1. The van der Waals surface area contributed by atoms with Gasteiger partial charge in [-0.1, -0.05) is 12.1 Å². The maximum absolute atomic E-state index is 12.7. The first-order valence-corrected chi connectivity index (χ1v) is 6.95. The van der Waals surface area contributed by atoms with E-state index in [9.17, 15) is 13.8 Å². The molecule has 0 saturated carbocycles. The second kappa shape index (κ2) is 7.20. The van der Waals surface area contributed by atoms with Crippen molar-refractivity contribution < 1.29 is 23.5 Å². The molecule has 2 rings (SSSR count). The quantitative estimate of drug-likeness (QED) is 0.506. The predicted molar refractivity (Wildman–Crippen MR) is 75.1 cm³/mol. The van der Waals surface area contributed by atoms with Gasteiger partial charge in [0.1, 0.15) is 5.82 Å². The number of hydrogen-bond donors (Lipinski definition) is 2. The molecular weight excluding hydrogens is 309 g/mol. The summed E-state index contributed by atoms with van der Waals surface area (Å²) in [6.07, 6.45) is 0. The van der Waals surface area contributed by atoms with Crippen molar-refractivity contribution in [2.75, 3.05) is 0 Å². The van der Waals surface area contributed by atoms with Crippen molar-refractivity contribution in [3.8, 4) is 0 Å². The third kappa shape index (κ3) is 4.41. The molecule has 4 nitrogen and oxygen atoms in total. The van der Waals surface area contributed by atoms with Crippen LogP contribution in [0.5, 0.6) is 0 Å². The summed E-state index contributed by atoms with van der Waals surface area (Å²) in [6, 6.07) is 10.1. The first kappa shape index (κ1) is 17.9. The van der Waals surface area contributed by atoms with Crippen LogP contribution >= 0.6 is 7.60 Å². The monoisotopic (exact) mass is 320 g/mol. The number of carbonyl (C=O) groups excluding carboxylic acids is 1. The van der Waals surface area contributed by atoms with Gasteiger partial charge in [0.15, 0.2) is 5.78 Å². The number of rotatable bonds is 3. The van der Waals surface area contributed by atoms with Crippen LogP contribution in [0.4, 0.5) is 4.39 Å². The molecule has 7 heteroatoms. The molecule has 100 valence electrons. The van der Waals surface area contributed by atoms with Crippen molar-refractivity contribution in [1.82, 2.24) is 0 Å². The molecule has 0 amide bonds. The van der Waals surface area contributed by atoms with Gasteiger partial charge in [-0.3, -0.25) is 9.36 Å². The molecule has 0 aliphatic carbocycles. The second-order valence-electron chi connectivity index (χ2n) is 3.93. The van der Waals surface area contributed by atoms with Gasteiger partial charge in [0.05, 0.1) is 5.30 Å². The van der Waals surface area contributed by atoms with Gasteiger partial charge in [0, 0.05) is 11.1 Å². The Morgan fingerprint density at radius 3 is 1.70 bits per heavy atom. The van der Waals surface area contributed by atoms with E-state index in [1.165, 1.54) is 48.5 Å². The average molecular weight is 320 g/mol. The average Bonchev–Trinajstić information content (AvgIpc) is 2.38. The molecule has 0 unspecified atom stereocenters. The summed E-state index contributed by atoms with van der Waals surface area (Å²) in [5.74, 6) is -0.773. The van der Waals surface area contributed by atoms with Crippen molar-refractivity contribution in [2.45, 2.75) is 0 Å². The standard InChI is InChI=1S/C13H10FO4P.K.H/c14-11-5-1-9(2-6-11)13(15)10-3-7-12(8-4-10)19(16,17)18;;/h1-8H,(H2,16,17,18);;. The number of hydrogen-bond acceptors (Lipinski definition) is 2. The van der Waals surface area contributed by atoms with Crippen LogP contribution in [0.3, 0.4) is 0 Å². The van der Waals surface area contributed by atoms with Gasteiger partial charge >= 0.3 is 59.0 Å². The van der Waals surface area contributed by atoms with Crippen LogP contribution in [0.15, 0.2) is 48.5 Å². The molecule has 0 bridgehead atoms. The zero-order valence-electron chi connectivity index (χ0n) is 9.65. The fraction of sp³-hybridized carbons (Fsp3) is 0. The van der Waals surface area contributed by atoms with Crippen molar-refractivity contribution in [2.24, 2.45) is 0 Å². The van der Waals surface area contributed by atoms with Gasteiger partial charge in [-0.05, 0) is 36.4 Å². The summed E-state index contributed by atoms with van der Waals surface area (Å²) in [7, 11) is -4.31. The topological polar surface area (TPSA) is 74.6 Å². The molecular formula is C13H11FKO4P. The van der Waals surface area contributed by atoms with Crippen LogP contribution in [0.1, 0.15) is 15.9 Å². The van der Waals surface area contributed by atoms with E-state index in [-0.39, 0.29) is 68.0 Å². The maximum atomic E-state index is 12.7. The van der Waals surface area contributed by atoms with E-state index in [1.54, 1.807) is 0 Å². The fourth-order valence-corrected chi connectivity index (χ4v) is 2.11. The van der Waals surface area contributed by atoms with E-state index in [0.717, 1.165) is 0 Å². The molecule has 20 heavy (non-hydrogen) atoms. The van der Waals surface area contributed by atoms with E-state index in [0.29, 0.717) is 5.56 Å². The number of ketones is 1. The Bertz CT molecular complexity index is 649. The third-order valence-electron chi connectivity index (χ3n) is 2.57. The molecule has 0 radical (unpaired) electrons. The van der Waals surface area contributed by atoms with E-state index >= 15 is 0 Å². The van der Waals surface area contributed by atoms with Crippen LogP contribution in [0.2, 0.25) is 0 Å². The summed E-state index contributed by atoms with van der Waals surface area (Å²) >= 11 is 0. The molecule has 0 aliphatic rings. The van der Waals surface area contributed by atoms with Crippen LogP contribution in [0, 0.1) is 5.82 Å². The molecule has 0 atom stereocenters. The SMILES string of the molecule is O=C(c1ccc(F)cc1)c1ccc(P(=O)(O)O)cc1.[KH]. The van der Waals surface area contributed by atoms with Gasteiger partial charge in [0.2, 0.25) is 0 Å². The molecule has 0 saturated heterocycles. The van der Waals surface area contributed by atoms with Gasteiger partial charge < -0.3 is 9.79 Å². The van der Waals surface area contributed by atoms with Crippen LogP contribution in [-0.4, -0.2) is 67.0 Å². The Labute approximate surface area is 157 Å². The van der Waals surface area contributed by atoms with Crippen molar-refractivity contribution in [3.05, 3.63) is 65.5 Å². The fourth-order valence-electron chi connectivity index (χ4n) is 1.57. The summed E-state index contributed by atoms with van der Waals surface area (Å²) in [4.78, 5) is 29.9. The number of halogens is 1. The molecule has 0 spiro atoms. The molecule has 2 N–H and O–H groups in total. The zero-order chi connectivity index (χ0) is 14.0. The molecule has 2 aromatic carbocycles. The summed E-state index contributed by atoms with van der Waals surface area (Å²) < 4.78 is 23.7. The molecule has 0 aliphatic heterocycles. The Hall–Kier alpha value is -0.174. The van der Waals surface area contributed by atoms with Crippen molar-refractivity contribution in [1.29, 1.82) is 0 Å². The summed E-state index contributed by atoms with van der Waals surface area (Å²) in [6.45, 7) is 0. The predicted octanol–water partition coefficient (Wildman–Crippen LogP) is 1.21. The molecule has 0 fully saturated rings. The van der Waals surface area contributed by atoms with E-state index < -0.39 is 13.4 Å². The van der Waals surface area contributed by atoms with Gasteiger partial charge in [-0.25, -0.2) is 4.39 Å². The van der Waals surface area contributed by atoms with Crippen LogP contribution in [0.25, 0.3) is 0 Å². The van der Waals surface area contributed by atoms with Crippen molar-refractivity contribution in [3.63, 3.8) is 0 Å². The minimum absolute atomic E-state index is 0. The van der Waals surface area contributed by atoms with Crippen LogP contribution in [-0.2, 0) is 4.57 Å².